The Morgan fingerprint density at radius 1 is 1.26 bits per heavy atom. The van der Waals surface area contributed by atoms with E-state index in [4.69, 9.17) is 10.5 Å². The van der Waals surface area contributed by atoms with Gasteiger partial charge in [-0.25, -0.2) is 0 Å². The van der Waals surface area contributed by atoms with Gasteiger partial charge in [0.2, 0.25) is 0 Å². The van der Waals surface area contributed by atoms with Crippen molar-refractivity contribution in [3.8, 4) is 0 Å². The molecular formula is C15H27N3O. The van der Waals surface area contributed by atoms with Gasteiger partial charge in [-0.15, -0.1) is 0 Å². The molecule has 19 heavy (non-hydrogen) atoms. The van der Waals surface area contributed by atoms with Crippen LogP contribution in [0.1, 0.15) is 58.3 Å². The zero-order valence-corrected chi connectivity index (χ0v) is 12.1. The maximum Gasteiger partial charge on any atom is 0.192 e. The largest absolute Gasteiger partial charge is 0.378 e. The molecule has 2 N–H and O–H groups in total. The van der Waals surface area contributed by atoms with Gasteiger partial charge < -0.3 is 15.4 Å². The van der Waals surface area contributed by atoms with E-state index in [1.54, 1.807) is 0 Å². The van der Waals surface area contributed by atoms with E-state index in [1.807, 2.05) is 0 Å². The van der Waals surface area contributed by atoms with Gasteiger partial charge >= 0.3 is 0 Å². The highest BCUT2D eigenvalue weighted by molar-refractivity contribution is 5.81. The number of ether oxygens (including phenoxy) is 1. The second kappa shape index (κ2) is 5.31. The molecule has 1 aliphatic heterocycles. The standard InChI is InChI=1S/C15H27N3O/c1-2-19-13-9-15(10-13)11-17-14(16)18(15)12-7-5-3-4-6-8-12/h12-13H,2-11H2,1H3,(H2,16,17). The second-order valence-corrected chi connectivity index (χ2v) is 6.40. The highest BCUT2D eigenvalue weighted by atomic mass is 16.5. The van der Waals surface area contributed by atoms with Crippen molar-refractivity contribution >= 4 is 5.96 Å². The average Bonchev–Trinajstić information content (AvgIpc) is 2.55. The highest BCUT2D eigenvalue weighted by Gasteiger charge is 2.54. The summed E-state index contributed by atoms with van der Waals surface area (Å²) in [4.78, 5) is 7.04. The van der Waals surface area contributed by atoms with Crippen LogP contribution in [-0.4, -0.2) is 41.7 Å². The van der Waals surface area contributed by atoms with E-state index in [0.717, 1.165) is 32.0 Å². The van der Waals surface area contributed by atoms with Crippen LogP contribution >= 0.6 is 0 Å². The summed E-state index contributed by atoms with van der Waals surface area (Å²) < 4.78 is 5.74. The molecule has 0 radical (unpaired) electrons. The van der Waals surface area contributed by atoms with Crippen LogP contribution in [0.4, 0.5) is 0 Å². The lowest BCUT2D eigenvalue weighted by Gasteiger charge is -2.53. The van der Waals surface area contributed by atoms with E-state index >= 15 is 0 Å². The van der Waals surface area contributed by atoms with Crippen LogP contribution in [0.25, 0.3) is 0 Å². The molecule has 0 aromatic rings. The number of guanidine groups is 1. The molecule has 3 aliphatic rings. The molecule has 0 unspecified atom stereocenters. The molecule has 0 saturated heterocycles. The lowest BCUT2D eigenvalue weighted by Crippen LogP contribution is -2.64. The fraction of sp³-hybridized carbons (Fsp3) is 0.933. The Morgan fingerprint density at radius 2 is 1.95 bits per heavy atom. The molecule has 4 nitrogen and oxygen atoms in total. The molecule has 2 fully saturated rings. The second-order valence-electron chi connectivity index (χ2n) is 6.40. The van der Waals surface area contributed by atoms with Gasteiger partial charge in [0, 0.05) is 12.6 Å². The van der Waals surface area contributed by atoms with Crippen molar-refractivity contribution in [2.24, 2.45) is 10.7 Å². The monoisotopic (exact) mass is 265 g/mol. The van der Waals surface area contributed by atoms with E-state index < -0.39 is 0 Å². The molecule has 0 aromatic carbocycles. The fourth-order valence-corrected chi connectivity index (χ4v) is 4.18. The van der Waals surface area contributed by atoms with Crippen molar-refractivity contribution in [3.63, 3.8) is 0 Å². The van der Waals surface area contributed by atoms with Crippen molar-refractivity contribution < 1.29 is 4.74 Å². The van der Waals surface area contributed by atoms with E-state index in [2.05, 4.69) is 16.8 Å². The van der Waals surface area contributed by atoms with Crippen molar-refractivity contribution in [3.05, 3.63) is 0 Å². The quantitative estimate of drug-likeness (QED) is 0.796. The SMILES string of the molecule is CCOC1CC2(CN=C(N)N2C2CCCCCC2)C1. The van der Waals surface area contributed by atoms with Crippen molar-refractivity contribution in [1.82, 2.24) is 4.90 Å². The number of rotatable bonds is 3. The highest BCUT2D eigenvalue weighted by Crippen LogP contribution is 2.45. The summed E-state index contributed by atoms with van der Waals surface area (Å²) in [7, 11) is 0. The van der Waals surface area contributed by atoms with Gasteiger partial charge in [-0.2, -0.15) is 0 Å². The number of nitrogens with zero attached hydrogens (tertiary/aromatic N) is 2. The first-order valence-electron chi connectivity index (χ1n) is 7.96. The normalized spacial score (nSPS) is 36.2. The summed E-state index contributed by atoms with van der Waals surface area (Å²) in [5, 5.41) is 0. The first kappa shape index (κ1) is 13.2. The third-order valence-electron chi connectivity index (χ3n) is 5.10. The van der Waals surface area contributed by atoms with Gasteiger partial charge in [-0.3, -0.25) is 4.99 Å². The molecule has 2 aliphatic carbocycles. The van der Waals surface area contributed by atoms with Gasteiger partial charge in [0.15, 0.2) is 5.96 Å². The van der Waals surface area contributed by atoms with Gasteiger partial charge in [0.05, 0.1) is 18.2 Å². The summed E-state index contributed by atoms with van der Waals surface area (Å²) in [5.41, 5.74) is 6.41. The van der Waals surface area contributed by atoms with Crippen LogP contribution in [0.5, 0.6) is 0 Å². The fourth-order valence-electron chi connectivity index (χ4n) is 4.18. The van der Waals surface area contributed by atoms with Gasteiger partial charge in [-0.1, -0.05) is 25.7 Å². The Bertz CT molecular complexity index is 341. The predicted molar refractivity (Wildman–Crippen MR) is 77.2 cm³/mol. The number of aliphatic imine (C=N–C) groups is 1. The molecule has 108 valence electrons. The van der Waals surface area contributed by atoms with E-state index in [0.29, 0.717) is 12.1 Å². The topological polar surface area (TPSA) is 50.9 Å². The molecule has 0 bridgehead atoms. The third-order valence-corrected chi connectivity index (χ3v) is 5.10. The molecule has 3 rings (SSSR count). The molecule has 0 amide bonds. The molecular weight excluding hydrogens is 238 g/mol. The summed E-state index contributed by atoms with van der Waals surface area (Å²) >= 11 is 0. The van der Waals surface area contributed by atoms with E-state index in [9.17, 15) is 0 Å². The summed E-state index contributed by atoms with van der Waals surface area (Å²) in [6, 6.07) is 0.622. The Balaban J connectivity index is 1.68. The first-order chi connectivity index (χ1) is 9.25. The molecule has 4 heteroatoms. The van der Waals surface area contributed by atoms with Crippen LogP contribution in [0.2, 0.25) is 0 Å². The van der Waals surface area contributed by atoms with Crippen LogP contribution < -0.4 is 5.73 Å². The zero-order chi connectivity index (χ0) is 13.3. The van der Waals surface area contributed by atoms with Crippen LogP contribution in [0.15, 0.2) is 4.99 Å². The summed E-state index contributed by atoms with van der Waals surface area (Å²) in [6.45, 7) is 3.78. The van der Waals surface area contributed by atoms with E-state index in [1.165, 1.54) is 38.5 Å². The Kier molecular flexibility index (Phi) is 3.70. The van der Waals surface area contributed by atoms with Gasteiger partial charge in [-0.05, 0) is 32.6 Å². The molecule has 0 atom stereocenters. The minimum Gasteiger partial charge on any atom is -0.378 e. The van der Waals surface area contributed by atoms with Gasteiger partial charge in [0.25, 0.3) is 0 Å². The molecule has 1 spiro atoms. The Labute approximate surface area is 116 Å². The molecule has 0 aromatic heterocycles. The van der Waals surface area contributed by atoms with Crippen molar-refractivity contribution in [2.45, 2.75) is 76.0 Å². The van der Waals surface area contributed by atoms with E-state index in [-0.39, 0.29) is 5.54 Å². The minimum absolute atomic E-state index is 0.207. The minimum atomic E-state index is 0.207. The number of hydrogen-bond acceptors (Lipinski definition) is 4. The van der Waals surface area contributed by atoms with Crippen LogP contribution in [0.3, 0.4) is 0 Å². The summed E-state index contributed by atoms with van der Waals surface area (Å²) in [6.07, 6.45) is 10.7. The molecule has 2 saturated carbocycles. The number of hydrogen-bond donors (Lipinski definition) is 1. The third kappa shape index (κ3) is 2.35. The first-order valence-corrected chi connectivity index (χ1v) is 7.96. The Morgan fingerprint density at radius 3 is 2.58 bits per heavy atom. The lowest BCUT2D eigenvalue weighted by molar-refractivity contribution is -0.0832. The van der Waals surface area contributed by atoms with Crippen LogP contribution in [0, 0.1) is 0 Å². The lowest BCUT2D eigenvalue weighted by atomic mass is 9.72. The Hall–Kier alpha value is -0.770. The predicted octanol–water partition coefficient (Wildman–Crippen LogP) is 2.28. The molecule has 1 heterocycles. The maximum atomic E-state index is 6.20. The number of nitrogens with two attached hydrogens (primary N) is 1. The average molecular weight is 265 g/mol. The van der Waals surface area contributed by atoms with Crippen molar-refractivity contribution in [1.29, 1.82) is 0 Å². The summed E-state index contributed by atoms with van der Waals surface area (Å²) in [5.74, 6) is 0.793. The van der Waals surface area contributed by atoms with Gasteiger partial charge in [0.1, 0.15) is 0 Å². The van der Waals surface area contributed by atoms with Crippen molar-refractivity contribution in [2.75, 3.05) is 13.2 Å². The zero-order valence-electron chi connectivity index (χ0n) is 12.1. The maximum absolute atomic E-state index is 6.20. The van der Waals surface area contributed by atoms with Crippen LogP contribution in [-0.2, 0) is 4.74 Å². The smallest absolute Gasteiger partial charge is 0.192 e.